The zero-order valence-corrected chi connectivity index (χ0v) is 25.5. The Hall–Kier alpha value is -4.76. The zero-order valence-electron chi connectivity index (χ0n) is 24.7. The molecule has 0 radical (unpaired) electrons. The standard InChI is InChI=1S/C31H32F3N5O6S/c1-2-3-12-27-36-39(25-10-6-5-9-23(25)31(32,33)34)30(43)38(27)19-20-13-15-21(16-14-20)22-8-4-7-11-26(22)46(44,45)37-29(42)24(35)17-18-28(40)41/h4-11,13-16,24H,2-3,12,17-19,35H2,1H3,(H,37,42)(H,40,41)/t24-/m0/s1. The summed E-state index contributed by atoms with van der Waals surface area (Å²) in [5.74, 6) is -1.90. The molecule has 1 heterocycles. The fourth-order valence-corrected chi connectivity index (χ4v) is 6.01. The first-order valence-electron chi connectivity index (χ1n) is 14.3. The van der Waals surface area contributed by atoms with Gasteiger partial charge >= 0.3 is 17.8 Å². The van der Waals surface area contributed by atoms with Crippen LogP contribution < -0.4 is 16.1 Å². The molecule has 3 aromatic carbocycles. The molecule has 11 nitrogen and oxygen atoms in total. The Morgan fingerprint density at radius 3 is 2.33 bits per heavy atom. The van der Waals surface area contributed by atoms with E-state index in [0.29, 0.717) is 29.8 Å². The maximum atomic E-state index is 13.7. The molecule has 1 amide bonds. The summed E-state index contributed by atoms with van der Waals surface area (Å²) in [5, 5.41) is 13.1. The van der Waals surface area contributed by atoms with Gasteiger partial charge in [-0.15, -0.1) is 5.10 Å². The lowest BCUT2D eigenvalue weighted by Crippen LogP contribution is -2.43. The highest BCUT2D eigenvalue weighted by atomic mass is 32.2. The molecule has 4 rings (SSSR count). The highest BCUT2D eigenvalue weighted by molar-refractivity contribution is 7.90. The first-order valence-corrected chi connectivity index (χ1v) is 15.8. The number of benzene rings is 3. The van der Waals surface area contributed by atoms with Crippen LogP contribution in [0.25, 0.3) is 16.8 Å². The lowest BCUT2D eigenvalue weighted by molar-refractivity contribution is -0.138. The van der Waals surface area contributed by atoms with Gasteiger partial charge in [0.1, 0.15) is 5.82 Å². The van der Waals surface area contributed by atoms with Crippen molar-refractivity contribution >= 4 is 21.9 Å². The number of aromatic nitrogens is 3. The predicted octanol–water partition coefficient (Wildman–Crippen LogP) is 4.11. The summed E-state index contributed by atoms with van der Waals surface area (Å²) in [7, 11) is -4.40. The van der Waals surface area contributed by atoms with Crippen LogP contribution in [0.15, 0.2) is 82.5 Å². The molecule has 4 aromatic rings. The Bertz CT molecular complexity index is 1890. The Morgan fingerprint density at radius 1 is 1.02 bits per heavy atom. The number of hydrogen-bond donors (Lipinski definition) is 3. The van der Waals surface area contributed by atoms with E-state index < -0.39 is 51.8 Å². The minimum atomic E-state index is -4.70. The second-order valence-corrected chi connectivity index (χ2v) is 12.2. The monoisotopic (exact) mass is 659 g/mol. The number of carboxylic acids is 1. The van der Waals surface area contributed by atoms with Gasteiger partial charge in [-0.3, -0.25) is 14.2 Å². The molecule has 0 bridgehead atoms. The number of nitrogens with two attached hydrogens (primary N) is 1. The minimum absolute atomic E-state index is 0.00339. The number of amides is 1. The topological polar surface area (TPSA) is 166 Å². The number of nitrogens with zero attached hydrogens (tertiary/aromatic N) is 3. The van der Waals surface area contributed by atoms with Crippen molar-refractivity contribution in [2.24, 2.45) is 5.73 Å². The van der Waals surface area contributed by atoms with Crippen LogP contribution in [0.1, 0.15) is 49.6 Å². The van der Waals surface area contributed by atoms with Crippen molar-refractivity contribution < 1.29 is 36.3 Å². The Balaban J connectivity index is 1.63. The van der Waals surface area contributed by atoms with Gasteiger partial charge in [0.05, 0.1) is 28.7 Å². The third-order valence-corrected chi connectivity index (χ3v) is 8.56. The molecule has 0 fully saturated rings. The van der Waals surface area contributed by atoms with Crippen molar-refractivity contribution in [3.63, 3.8) is 0 Å². The van der Waals surface area contributed by atoms with Gasteiger partial charge in [-0.25, -0.2) is 17.9 Å². The second-order valence-electron chi connectivity index (χ2n) is 10.5. The summed E-state index contributed by atoms with van der Waals surface area (Å²) in [4.78, 5) is 36.4. The molecule has 0 unspecified atom stereocenters. The molecule has 1 atom stereocenters. The number of sulfonamides is 1. The highest BCUT2D eigenvalue weighted by Gasteiger charge is 2.35. The number of carboxylic acid groups (broad SMARTS) is 1. The lowest BCUT2D eigenvalue weighted by atomic mass is 10.0. The van der Waals surface area contributed by atoms with Gasteiger partial charge in [0.2, 0.25) is 0 Å². The average Bonchev–Trinajstić information content (AvgIpc) is 3.32. The van der Waals surface area contributed by atoms with Gasteiger partial charge in [0, 0.05) is 18.4 Å². The van der Waals surface area contributed by atoms with Crippen LogP contribution in [0.5, 0.6) is 0 Å². The van der Waals surface area contributed by atoms with Crippen LogP contribution >= 0.6 is 0 Å². The van der Waals surface area contributed by atoms with E-state index in [1.807, 2.05) is 11.6 Å². The maximum Gasteiger partial charge on any atom is 0.418 e. The molecule has 0 aliphatic carbocycles. The number of aryl methyl sites for hydroxylation is 1. The molecule has 1 aromatic heterocycles. The second kappa shape index (κ2) is 14.1. The quantitative estimate of drug-likeness (QED) is 0.193. The van der Waals surface area contributed by atoms with Crippen molar-refractivity contribution in [2.75, 3.05) is 0 Å². The number of alkyl halides is 3. The predicted molar refractivity (Wildman–Crippen MR) is 163 cm³/mol. The van der Waals surface area contributed by atoms with Crippen LogP contribution in [0.4, 0.5) is 13.2 Å². The molecular weight excluding hydrogens is 627 g/mol. The summed E-state index contributed by atoms with van der Waals surface area (Å²) in [5.41, 5.74) is 4.89. The lowest BCUT2D eigenvalue weighted by Gasteiger charge is -2.15. The molecule has 15 heteroatoms. The number of para-hydroxylation sites is 1. The van der Waals surface area contributed by atoms with E-state index in [2.05, 4.69) is 5.10 Å². The number of nitrogens with one attached hydrogen (secondary N) is 1. The number of aliphatic carboxylic acids is 1. The van der Waals surface area contributed by atoms with Gasteiger partial charge in [-0.2, -0.15) is 17.9 Å². The van der Waals surface area contributed by atoms with Crippen LogP contribution in [0, 0.1) is 0 Å². The number of unbranched alkanes of at least 4 members (excludes halogenated alkanes) is 1. The molecular formula is C31H32F3N5O6S. The molecule has 46 heavy (non-hydrogen) atoms. The van der Waals surface area contributed by atoms with Crippen molar-refractivity contribution in [3.8, 4) is 16.8 Å². The summed E-state index contributed by atoms with van der Waals surface area (Å²) in [6.45, 7) is 1.94. The van der Waals surface area contributed by atoms with Gasteiger partial charge < -0.3 is 10.8 Å². The van der Waals surface area contributed by atoms with E-state index in [1.54, 1.807) is 30.3 Å². The summed E-state index contributed by atoms with van der Waals surface area (Å²) in [6, 6.07) is 15.8. The smallest absolute Gasteiger partial charge is 0.418 e. The fraction of sp³-hybridized carbons (Fsp3) is 0.290. The molecule has 0 saturated heterocycles. The van der Waals surface area contributed by atoms with E-state index >= 15 is 0 Å². The van der Waals surface area contributed by atoms with Crippen LogP contribution in [-0.4, -0.2) is 45.8 Å². The summed E-state index contributed by atoms with van der Waals surface area (Å²) in [6.07, 6.45) is -3.57. The molecule has 244 valence electrons. The fourth-order valence-electron chi connectivity index (χ4n) is 4.76. The van der Waals surface area contributed by atoms with E-state index in [4.69, 9.17) is 10.8 Å². The van der Waals surface area contributed by atoms with Crippen molar-refractivity contribution in [3.05, 3.63) is 100 Å². The van der Waals surface area contributed by atoms with Crippen molar-refractivity contribution in [1.29, 1.82) is 0 Å². The van der Waals surface area contributed by atoms with Crippen molar-refractivity contribution in [2.45, 2.75) is 62.7 Å². The molecule has 0 saturated carbocycles. The third kappa shape index (κ3) is 7.90. The molecule has 0 aliphatic heterocycles. The van der Waals surface area contributed by atoms with Crippen LogP contribution in [0.3, 0.4) is 0 Å². The number of carbonyl (C=O) groups is 2. The maximum absolute atomic E-state index is 13.7. The first kappa shape index (κ1) is 34.1. The van der Waals surface area contributed by atoms with Crippen LogP contribution in [0.2, 0.25) is 0 Å². The number of rotatable bonds is 13. The van der Waals surface area contributed by atoms with Gasteiger partial charge in [0.15, 0.2) is 0 Å². The Kier molecular flexibility index (Phi) is 10.5. The SMILES string of the molecule is CCCCc1nn(-c2ccccc2C(F)(F)F)c(=O)n1Cc1ccc(-c2ccccc2S(=O)(=O)NC(=O)[C@@H](N)CCC(=O)O)cc1. The first-order chi connectivity index (χ1) is 21.7. The van der Waals surface area contributed by atoms with Gasteiger partial charge in [-0.1, -0.05) is 67.9 Å². The molecule has 4 N–H and O–H groups in total. The Labute approximate surface area is 262 Å². The summed E-state index contributed by atoms with van der Waals surface area (Å²) < 4.78 is 71.4. The van der Waals surface area contributed by atoms with Crippen LogP contribution in [-0.2, 0) is 38.8 Å². The number of hydrogen-bond acceptors (Lipinski definition) is 7. The van der Waals surface area contributed by atoms with Gasteiger partial charge in [-0.05, 0) is 42.2 Å². The zero-order chi connectivity index (χ0) is 33.6. The molecule has 0 aliphatic rings. The highest BCUT2D eigenvalue weighted by Crippen LogP contribution is 2.33. The largest absolute Gasteiger partial charge is 0.481 e. The Morgan fingerprint density at radius 2 is 1.67 bits per heavy atom. The van der Waals surface area contributed by atoms with E-state index in [1.165, 1.54) is 41.0 Å². The van der Waals surface area contributed by atoms with E-state index in [9.17, 15) is 36.0 Å². The average molecular weight is 660 g/mol. The van der Waals surface area contributed by atoms with Gasteiger partial charge in [0.25, 0.3) is 15.9 Å². The third-order valence-electron chi connectivity index (χ3n) is 7.15. The van der Waals surface area contributed by atoms with Crippen molar-refractivity contribution in [1.82, 2.24) is 19.1 Å². The number of carbonyl (C=O) groups excluding carboxylic acids is 1. The minimum Gasteiger partial charge on any atom is -0.481 e. The van der Waals surface area contributed by atoms with E-state index in [0.717, 1.165) is 17.2 Å². The number of halogens is 3. The normalized spacial score (nSPS) is 12.5. The molecule has 0 spiro atoms. The van der Waals surface area contributed by atoms with E-state index in [-0.39, 0.29) is 29.1 Å². The summed E-state index contributed by atoms with van der Waals surface area (Å²) >= 11 is 0.